The number of benzene rings is 2. The molecule has 5 aromatic rings. The lowest BCUT2D eigenvalue weighted by Gasteiger charge is -2.16. The van der Waals surface area contributed by atoms with Gasteiger partial charge in [-0.3, -0.25) is 13.9 Å². The summed E-state index contributed by atoms with van der Waals surface area (Å²) in [6.07, 6.45) is 0.733. The lowest BCUT2D eigenvalue weighted by molar-refractivity contribution is 0.138. The number of aliphatic hydroxyl groups is 1. The smallest absolute Gasteiger partial charge is 0.332 e. The zero-order chi connectivity index (χ0) is 21.9. The third-order valence-electron chi connectivity index (χ3n) is 5.74. The Morgan fingerprint density at radius 3 is 2.55 bits per heavy atom. The molecular weight excluding hydrogens is 462 g/mol. The van der Waals surface area contributed by atoms with Gasteiger partial charge in [0.05, 0.1) is 25.5 Å². The van der Waals surface area contributed by atoms with Gasteiger partial charge in [0, 0.05) is 40.4 Å². The maximum atomic E-state index is 12.4. The van der Waals surface area contributed by atoms with Crippen molar-refractivity contribution >= 4 is 48.9 Å². The van der Waals surface area contributed by atoms with Crippen LogP contribution in [0.2, 0.25) is 0 Å². The molecule has 0 bridgehead atoms. The lowest BCUT2D eigenvalue weighted by Crippen LogP contribution is -2.37. The van der Waals surface area contributed by atoms with E-state index in [9.17, 15) is 14.7 Å². The van der Waals surface area contributed by atoms with Crippen LogP contribution in [0, 0.1) is 0 Å². The van der Waals surface area contributed by atoms with Gasteiger partial charge in [0.25, 0.3) is 5.56 Å². The normalized spacial score (nSPS) is 12.9. The Labute approximate surface area is 184 Å². The highest BCUT2D eigenvalue weighted by Crippen LogP contribution is 2.31. The zero-order valence-corrected chi connectivity index (χ0v) is 18.6. The number of imidazole rings is 1. The Morgan fingerprint density at radius 1 is 1.00 bits per heavy atom. The molecule has 0 spiro atoms. The lowest BCUT2D eigenvalue weighted by atomic mass is 10.2. The van der Waals surface area contributed by atoms with Crippen molar-refractivity contribution in [2.75, 3.05) is 0 Å². The number of aryl methyl sites for hydroxylation is 1. The molecule has 0 fully saturated rings. The summed E-state index contributed by atoms with van der Waals surface area (Å²) < 4.78 is 7.17. The summed E-state index contributed by atoms with van der Waals surface area (Å²) in [6, 6.07) is 14.2. The van der Waals surface area contributed by atoms with E-state index >= 15 is 0 Å². The molecule has 0 aliphatic rings. The van der Waals surface area contributed by atoms with Crippen molar-refractivity contribution in [2.45, 2.75) is 19.2 Å². The van der Waals surface area contributed by atoms with Crippen molar-refractivity contribution in [1.29, 1.82) is 0 Å². The molecular formula is C22H20BrN5O3. The van der Waals surface area contributed by atoms with Crippen molar-refractivity contribution in [3.05, 3.63) is 74.1 Å². The van der Waals surface area contributed by atoms with Gasteiger partial charge >= 0.3 is 5.69 Å². The molecule has 31 heavy (non-hydrogen) atoms. The summed E-state index contributed by atoms with van der Waals surface area (Å²) in [5.74, 6) is 0. The molecule has 0 saturated carbocycles. The molecule has 158 valence electrons. The summed E-state index contributed by atoms with van der Waals surface area (Å²) in [4.78, 5) is 28.9. The third-order valence-corrected chi connectivity index (χ3v) is 6.24. The zero-order valence-electron chi connectivity index (χ0n) is 17.0. The van der Waals surface area contributed by atoms with Crippen LogP contribution in [0.15, 0.2) is 62.9 Å². The van der Waals surface area contributed by atoms with Crippen LogP contribution < -0.4 is 11.2 Å². The minimum absolute atomic E-state index is 0.196. The summed E-state index contributed by atoms with van der Waals surface area (Å²) >= 11 is 3.54. The molecule has 3 aromatic heterocycles. The Bertz CT molecular complexity index is 1590. The van der Waals surface area contributed by atoms with E-state index in [1.807, 2.05) is 30.3 Å². The largest absolute Gasteiger partial charge is 0.389 e. The fourth-order valence-electron chi connectivity index (χ4n) is 4.29. The molecule has 0 saturated heterocycles. The summed E-state index contributed by atoms with van der Waals surface area (Å²) in [6.45, 7) is 0.547. The summed E-state index contributed by atoms with van der Waals surface area (Å²) in [5, 5.41) is 13.2. The average Bonchev–Trinajstić information content (AvgIpc) is 3.30. The Kier molecular flexibility index (Phi) is 4.60. The van der Waals surface area contributed by atoms with Gasteiger partial charge < -0.3 is 14.2 Å². The molecule has 8 nitrogen and oxygen atoms in total. The van der Waals surface area contributed by atoms with Crippen LogP contribution in [0.1, 0.15) is 0 Å². The number of aliphatic hydroxyl groups excluding tert-OH is 1. The SMILES string of the molecule is Cn1c(=O)c2ncn(CC(O)Cn3c4ccccc4c4cc(Br)ccc43)c2n(C)c1=O. The van der Waals surface area contributed by atoms with E-state index in [0.717, 1.165) is 30.8 Å². The second-order valence-electron chi connectivity index (χ2n) is 7.72. The number of hydrogen-bond acceptors (Lipinski definition) is 4. The fraction of sp³-hybridized carbons (Fsp3) is 0.227. The van der Waals surface area contributed by atoms with E-state index in [1.165, 1.54) is 17.9 Å². The van der Waals surface area contributed by atoms with Gasteiger partial charge in [-0.15, -0.1) is 0 Å². The first-order valence-corrected chi connectivity index (χ1v) is 10.6. The summed E-state index contributed by atoms with van der Waals surface area (Å²) in [5.41, 5.74) is 1.80. The van der Waals surface area contributed by atoms with Crippen molar-refractivity contribution in [3.63, 3.8) is 0 Å². The van der Waals surface area contributed by atoms with Crippen LogP contribution in [0.4, 0.5) is 0 Å². The number of para-hydroxylation sites is 1. The Balaban J connectivity index is 1.56. The standard InChI is InChI=1S/C22H20BrN5O3/c1-25-20-19(21(30)26(2)22(25)31)24-12-27(20)10-14(29)11-28-17-6-4-3-5-15(17)16-9-13(23)7-8-18(16)28/h3-9,12,14,29H,10-11H2,1-2H3. The maximum Gasteiger partial charge on any atom is 0.332 e. The Morgan fingerprint density at radius 2 is 1.74 bits per heavy atom. The van der Waals surface area contributed by atoms with Crippen LogP contribution in [0.25, 0.3) is 33.0 Å². The quantitative estimate of drug-likeness (QED) is 0.426. The first kappa shape index (κ1) is 19.8. The minimum Gasteiger partial charge on any atom is -0.389 e. The highest BCUT2D eigenvalue weighted by Gasteiger charge is 2.18. The van der Waals surface area contributed by atoms with Crippen LogP contribution in [0.5, 0.6) is 0 Å². The minimum atomic E-state index is -0.765. The topological polar surface area (TPSA) is 87.0 Å². The van der Waals surface area contributed by atoms with Gasteiger partial charge in [-0.05, 0) is 24.3 Å². The van der Waals surface area contributed by atoms with Gasteiger partial charge in [0.15, 0.2) is 5.52 Å². The van der Waals surface area contributed by atoms with Crippen LogP contribution in [-0.4, -0.2) is 34.5 Å². The second-order valence-corrected chi connectivity index (χ2v) is 8.63. The van der Waals surface area contributed by atoms with Gasteiger partial charge in [0.2, 0.25) is 0 Å². The van der Waals surface area contributed by atoms with Gasteiger partial charge in [-0.2, -0.15) is 0 Å². The highest BCUT2D eigenvalue weighted by molar-refractivity contribution is 9.10. The van der Waals surface area contributed by atoms with E-state index in [1.54, 1.807) is 11.6 Å². The van der Waals surface area contributed by atoms with Gasteiger partial charge in [-0.25, -0.2) is 9.78 Å². The fourth-order valence-corrected chi connectivity index (χ4v) is 4.65. The monoisotopic (exact) mass is 481 g/mol. The van der Waals surface area contributed by atoms with Crippen LogP contribution in [0.3, 0.4) is 0 Å². The van der Waals surface area contributed by atoms with E-state index in [2.05, 4.69) is 37.6 Å². The molecule has 0 radical (unpaired) electrons. The molecule has 1 unspecified atom stereocenters. The van der Waals surface area contributed by atoms with Crippen molar-refractivity contribution in [3.8, 4) is 0 Å². The number of aromatic nitrogens is 5. The van der Waals surface area contributed by atoms with Gasteiger partial charge in [0.1, 0.15) is 5.65 Å². The van der Waals surface area contributed by atoms with Crippen LogP contribution in [-0.2, 0) is 27.2 Å². The van der Waals surface area contributed by atoms with Crippen molar-refractivity contribution in [1.82, 2.24) is 23.3 Å². The second kappa shape index (κ2) is 7.21. The molecule has 1 atom stereocenters. The van der Waals surface area contributed by atoms with Crippen LogP contribution >= 0.6 is 15.9 Å². The van der Waals surface area contributed by atoms with E-state index in [-0.39, 0.29) is 12.1 Å². The molecule has 5 rings (SSSR count). The maximum absolute atomic E-state index is 12.4. The van der Waals surface area contributed by atoms with E-state index in [4.69, 9.17) is 0 Å². The number of fused-ring (bicyclic) bond motifs is 4. The molecule has 0 amide bonds. The molecule has 0 aliphatic heterocycles. The number of nitrogens with zero attached hydrogens (tertiary/aromatic N) is 5. The van der Waals surface area contributed by atoms with Crippen molar-refractivity contribution < 1.29 is 5.11 Å². The van der Waals surface area contributed by atoms with E-state index < -0.39 is 17.4 Å². The molecule has 0 aliphatic carbocycles. The Hall–Kier alpha value is -3.17. The summed E-state index contributed by atoms with van der Waals surface area (Å²) in [7, 11) is 3.03. The number of rotatable bonds is 4. The first-order chi connectivity index (χ1) is 14.9. The van der Waals surface area contributed by atoms with E-state index in [0.29, 0.717) is 12.2 Å². The van der Waals surface area contributed by atoms with Gasteiger partial charge in [-0.1, -0.05) is 34.1 Å². The predicted octanol–water partition coefficient (Wildman–Crippen LogP) is 2.37. The highest BCUT2D eigenvalue weighted by atomic mass is 79.9. The molecule has 2 aromatic carbocycles. The number of hydrogen-bond donors (Lipinski definition) is 1. The molecule has 3 heterocycles. The predicted molar refractivity (Wildman–Crippen MR) is 123 cm³/mol. The third kappa shape index (κ3) is 3.03. The first-order valence-electron chi connectivity index (χ1n) is 9.82. The van der Waals surface area contributed by atoms with Crippen molar-refractivity contribution in [2.24, 2.45) is 14.1 Å². The molecule has 9 heteroatoms. The average molecular weight is 482 g/mol. The number of halogens is 1. The molecule has 1 N–H and O–H groups in total.